The van der Waals surface area contributed by atoms with E-state index in [4.69, 9.17) is 0 Å². The van der Waals surface area contributed by atoms with Crippen LogP contribution >= 0.6 is 0 Å². The number of hydrogen-bond donors (Lipinski definition) is 0. The standard InChI is InChI=1S/C30H40N/c1-21-15-22(2)27(17-26(21)23-13-11-10-12-14-23)28-16-24(18-29(3,4)5)25(20-31(28)9)19-30(6,7)8/h10-17,20H,18-19H2,1-9H3/q+1. The van der Waals surface area contributed by atoms with Gasteiger partial charge in [-0.3, -0.25) is 0 Å². The normalized spacial score (nSPS) is 12.3. The molecule has 0 aliphatic rings. The Morgan fingerprint density at radius 1 is 0.677 bits per heavy atom. The summed E-state index contributed by atoms with van der Waals surface area (Å²) in [5.41, 5.74) is 11.4. The molecular weight excluding hydrogens is 374 g/mol. The van der Waals surface area contributed by atoms with Crippen molar-refractivity contribution in [1.82, 2.24) is 0 Å². The Balaban J connectivity index is 2.19. The maximum atomic E-state index is 2.46. The van der Waals surface area contributed by atoms with Crippen molar-refractivity contribution in [3.05, 3.63) is 77.0 Å². The van der Waals surface area contributed by atoms with Crippen molar-refractivity contribution >= 4 is 0 Å². The molecule has 31 heavy (non-hydrogen) atoms. The number of pyridine rings is 1. The van der Waals surface area contributed by atoms with Crippen LogP contribution in [0, 0.1) is 24.7 Å². The van der Waals surface area contributed by atoms with Gasteiger partial charge >= 0.3 is 0 Å². The van der Waals surface area contributed by atoms with Crippen LogP contribution < -0.4 is 4.57 Å². The van der Waals surface area contributed by atoms with Gasteiger partial charge in [-0.25, -0.2) is 4.57 Å². The number of hydrogen-bond acceptors (Lipinski definition) is 0. The lowest BCUT2D eigenvalue weighted by Crippen LogP contribution is -2.33. The lowest BCUT2D eigenvalue weighted by Gasteiger charge is -2.24. The Hall–Kier alpha value is -2.41. The summed E-state index contributed by atoms with van der Waals surface area (Å²) in [4.78, 5) is 0. The van der Waals surface area contributed by atoms with Gasteiger partial charge in [-0.05, 0) is 71.4 Å². The number of aryl methyl sites for hydroxylation is 3. The third kappa shape index (κ3) is 5.85. The summed E-state index contributed by atoms with van der Waals surface area (Å²) in [5.74, 6) is 0. The Morgan fingerprint density at radius 2 is 1.23 bits per heavy atom. The fourth-order valence-corrected chi connectivity index (χ4v) is 4.54. The highest BCUT2D eigenvalue weighted by atomic mass is 14.9. The van der Waals surface area contributed by atoms with Crippen LogP contribution in [0.4, 0.5) is 0 Å². The van der Waals surface area contributed by atoms with Crippen molar-refractivity contribution in [2.75, 3.05) is 0 Å². The molecule has 0 spiro atoms. The molecule has 0 bridgehead atoms. The van der Waals surface area contributed by atoms with Gasteiger partial charge in [0.25, 0.3) is 0 Å². The number of rotatable bonds is 4. The van der Waals surface area contributed by atoms with Gasteiger partial charge in [-0.2, -0.15) is 0 Å². The van der Waals surface area contributed by atoms with E-state index in [0.717, 1.165) is 12.8 Å². The highest BCUT2D eigenvalue weighted by Gasteiger charge is 2.24. The molecule has 0 amide bonds. The predicted molar refractivity (Wildman–Crippen MR) is 134 cm³/mol. The summed E-state index contributed by atoms with van der Waals surface area (Å²) >= 11 is 0. The van der Waals surface area contributed by atoms with Gasteiger partial charge in [-0.1, -0.05) is 77.9 Å². The third-order valence-electron chi connectivity index (χ3n) is 5.83. The second kappa shape index (κ2) is 8.61. The lowest BCUT2D eigenvalue weighted by atomic mass is 9.81. The van der Waals surface area contributed by atoms with E-state index in [1.54, 1.807) is 0 Å². The fraction of sp³-hybridized carbons (Fsp3) is 0.433. The molecule has 0 saturated carbocycles. The van der Waals surface area contributed by atoms with Gasteiger partial charge in [0, 0.05) is 17.2 Å². The summed E-state index contributed by atoms with van der Waals surface area (Å²) in [6.45, 7) is 18.5. The average molecular weight is 415 g/mol. The Bertz CT molecular complexity index is 1060. The maximum Gasteiger partial charge on any atom is 0.212 e. The Kier molecular flexibility index (Phi) is 6.46. The van der Waals surface area contributed by atoms with Crippen LogP contribution in [0.2, 0.25) is 0 Å². The molecule has 1 nitrogen and oxygen atoms in total. The van der Waals surface area contributed by atoms with E-state index in [1.807, 2.05) is 0 Å². The first-order valence-corrected chi connectivity index (χ1v) is 11.5. The van der Waals surface area contributed by atoms with Crippen LogP contribution in [0.25, 0.3) is 22.4 Å². The summed E-state index contributed by atoms with van der Waals surface area (Å²) in [5, 5.41) is 0. The number of nitrogens with zero attached hydrogens (tertiary/aromatic N) is 1. The van der Waals surface area contributed by atoms with E-state index in [-0.39, 0.29) is 10.8 Å². The van der Waals surface area contributed by atoms with Gasteiger partial charge in [-0.15, -0.1) is 0 Å². The van der Waals surface area contributed by atoms with Gasteiger partial charge < -0.3 is 0 Å². The van der Waals surface area contributed by atoms with Crippen molar-refractivity contribution in [2.45, 2.75) is 68.2 Å². The summed E-state index contributed by atoms with van der Waals surface area (Å²) < 4.78 is 2.33. The molecule has 3 rings (SSSR count). The van der Waals surface area contributed by atoms with E-state index in [2.05, 4.69) is 122 Å². The van der Waals surface area contributed by atoms with Crippen molar-refractivity contribution < 1.29 is 4.57 Å². The molecule has 164 valence electrons. The molecule has 0 fully saturated rings. The van der Waals surface area contributed by atoms with Gasteiger partial charge in [0.05, 0.1) is 0 Å². The smallest absolute Gasteiger partial charge is 0.201 e. The molecule has 0 atom stereocenters. The molecule has 0 saturated heterocycles. The molecular formula is C30H40N+. The average Bonchev–Trinajstić information content (AvgIpc) is 2.63. The van der Waals surface area contributed by atoms with Crippen LogP contribution in [-0.4, -0.2) is 0 Å². The molecule has 3 aromatic rings. The molecule has 1 heteroatoms. The monoisotopic (exact) mass is 414 g/mol. The van der Waals surface area contributed by atoms with Crippen LogP contribution in [0.1, 0.15) is 63.8 Å². The van der Waals surface area contributed by atoms with Gasteiger partial charge in [0.15, 0.2) is 6.20 Å². The molecule has 0 aliphatic heterocycles. The minimum Gasteiger partial charge on any atom is -0.201 e. The molecule has 0 N–H and O–H groups in total. The zero-order valence-electron chi connectivity index (χ0n) is 21.1. The summed E-state index contributed by atoms with van der Waals surface area (Å²) in [6, 6.07) is 17.9. The Morgan fingerprint density at radius 3 is 1.81 bits per heavy atom. The summed E-state index contributed by atoms with van der Waals surface area (Å²) in [7, 11) is 2.20. The molecule has 0 unspecified atom stereocenters. The molecule has 0 aliphatic carbocycles. The molecule has 2 aromatic carbocycles. The second-order valence-corrected chi connectivity index (χ2v) is 11.6. The first-order chi connectivity index (χ1) is 14.3. The molecule has 1 heterocycles. The minimum atomic E-state index is 0.251. The van der Waals surface area contributed by atoms with Crippen molar-refractivity contribution in [3.8, 4) is 22.4 Å². The maximum absolute atomic E-state index is 2.46. The van der Waals surface area contributed by atoms with Crippen molar-refractivity contribution in [2.24, 2.45) is 17.9 Å². The van der Waals surface area contributed by atoms with Crippen LogP contribution in [0.5, 0.6) is 0 Å². The fourth-order valence-electron chi connectivity index (χ4n) is 4.54. The highest BCUT2D eigenvalue weighted by molar-refractivity contribution is 5.75. The lowest BCUT2D eigenvalue weighted by molar-refractivity contribution is -0.660. The van der Waals surface area contributed by atoms with E-state index >= 15 is 0 Å². The Labute approximate surface area is 190 Å². The highest BCUT2D eigenvalue weighted by Crippen LogP contribution is 2.34. The van der Waals surface area contributed by atoms with E-state index in [9.17, 15) is 0 Å². The van der Waals surface area contributed by atoms with Crippen molar-refractivity contribution in [3.63, 3.8) is 0 Å². The summed E-state index contributed by atoms with van der Waals surface area (Å²) in [6.07, 6.45) is 4.56. The van der Waals surface area contributed by atoms with Crippen LogP contribution in [0.3, 0.4) is 0 Å². The second-order valence-electron chi connectivity index (χ2n) is 11.6. The van der Waals surface area contributed by atoms with Gasteiger partial charge in [0.1, 0.15) is 7.05 Å². The SMILES string of the molecule is Cc1cc(C)c(-c2cc(CC(C)(C)C)c(CC(C)(C)C)c[n+]2C)cc1-c1ccccc1. The minimum absolute atomic E-state index is 0.251. The molecule has 1 aromatic heterocycles. The molecule has 0 radical (unpaired) electrons. The van der Waals surface area contributed by atoms with Gasteiger partial charge in [0.2, 0.25) is 5.69 Å². The zero-order chi connectivity index (χ0) is 23.0. The predicted octanol–water partition coefficient (Wildman–Crippen LogP) is 7.64. The first kappa shape index (κ1) is 23.3. The number of benzene rings is 2. The van der Waals surface area contributed by atoms with Crippen molar-refractivity contribution in [1.29, 1.82) is 0 Å². The zero-order valence-corrected chi connectivity index (χ0v) is 21.1. The van der Waals surface area contributed by atoms with Crippen LogP contribution in [0.15, 0.2) is 54.7 Å². The first-order valence-electron chi connectivity index (χ1n) is 11.5. The number of aromatic nitrogens is 1. The van der Waals surface area contributed by atoms with E-state index in [1.165, 1.54) is 44.6 Å². The topological polar surface area (TPSA) is 3.88 Å². The largest absolute Gasteiger partial charge is 0.212 e. The quantitative estimate of drug-likeness (QED) is 0.386. The van der Waals surface area contributed by atoms with E-state index in [0.29, 0.717) is 0 Å². The van der Waals surface area contributed by atoms with Crippen LogP contribution in [-0.2, 0) is 19.9 Å². The third-order valence-corrected chi connectivity index (χ3v) is 5.83. The van der Waals surface area contributed by atoms with E-state index < -0.39 is 0 Å².